The lowest BCUT2D eigenvalue weighted by molar-refractivity contribution is 0.171. The first kappa shape index (κ1) is 20.7. The Kier molecular flexibility index (Phi) is 7.02. The monoisotopic (exact) mass is 389 g/mol. The van der Waals surface area contributed by atoms with Crippen LogP contribution in [0.2, 0.25) is 0 Å². The molecule has 0 bridgehead atoms. The van der Waals surface area contributed by atoms with Crippen LogP contribution >= 0.6 is 0 Å². The minimum Gasteiger partial charge on any atom is -0.454 e. The zero-order valence-corrected chi connectivity index (χ0v) is 17.8. The van der Waals surface area contributed by atoms with Crippen molar-refractivity contribution in [2.24, 2.45) is 4.99 Å². The molecular formula is C21H35N5O2. The minimum atomic E-state index is 0.133. The fourth-order valence-electron chi connectivity index (χ4n) is 3.43. The molecule has 2 heterocycles. The number of hydrogen-bond donors (Lipinski definition) is 2. The van der Waals surface area contributed by atoms with Crippen molar-refractivity contribution in [2.45, 2.75) is 39.8 Å². The second kappa shape index (κ2) is 9.47. The molecule has 1 aromatic carbocycles. The third kappa shape index (κ3) is 6.01. The summed E-state index contributed by atoms with van der Waals surface area (Å²) >= 11 is 0. The summed E-state index contributed by atoms with van der Waals surface area (Å²) in [5.74, 6) is 2.74. The molecule has 7 nitrogen and oxygen atoms in total. The number of benzene rings is 1. The highest BCUT2D eigenvalue weighted by Gasteiger charge is 2.21. The summed E-state index contributed by atoms with van der Waals surface area (Å²) in [5, 5.41) is 6.94. The molecule has 0 atom stereocenters. The number of guanidine groups is 1. The lowest BCUT2D eigenvalue weighted by Gasteiger charge is -2.36. The van der Waals surface area contributed by atoms with Crippen molar-refractivity contribution in [1.29, 1.82) is 0 Å². The maximum absolute atomic E-state index is 5.49. The van der Waals surface area contributed by atoms with E-state index in [9.17, 15) is 0 Å². The Labute approximate surface area is 169 Å². The molecule has 1 aromatic rings. The lowest BCUT2D eigenvalue weighted by atomic mass is 10.1. The molecule has 3 rings (SSSR count). The first-order valence-electron chi connectivity index (χ1n) is 10.3. The number of nitrogens with one attached hydrogen (secondary N) is 2. The molecule has 2 aliphatic heterocycles. The summed E-state index contributed by atoms with van der Waals surface area (Å²) < 4.78 is 10.9. The van der Waals surface area contributed by atoms with E-state index < -0.39 is 0 Å². The maximum atomic E-state index is 5.49. The molecule has 0 spiro atoms. The van der Waals surface area contributed by atoms with E-state index in [4.69, 9.17) is 14.5 Å². The molecule has 0 saturated carbocycles. The third-order valence-electron chi connectivity index (χ3n) is 4.88. The van der Waals surface area contributed by atoms with Crippen LogP contribution in [0.1, 0.15) is 33.3 Å². The van der Waals surface area contributed by atoms with Gasteiger partial charge in [-0.3, -0.25) is 9.89 Å². The Morgan fingerprint density at radius 2 is 1.86 bits per heavy atom. The second-order valence-corrected chi connectivity index (χ2v) is 8.36. The topological polar surface area (TPSA) is 61.4 Å². The highest BCUT2D eigenvalue weighted by molar-refractivity contribution is 5.80. The number of rotatable bonds is 6. The van der Waals surface area contributed by atoms with Gasteiger partial charge in [0.2, 0.25) is 6.79 Å². The van der Waals surface area contributed by atoms with Gasteiger partial charge in [-0.2, -0.15) is 0 Å². The normalized spacial score (nSPS) is 17.9. The number of fused-ring (bicyclic) bond motifs is 1. The quantitative estimate of drug-likeness (QED) is 0.440. The Morgan fingerprint density at radius 1 is 1.11 bits per heavy atom. The fraction of sp³-hybridized carbons (Fsp3) is 0.667. The molecule has 2 N–H and O–H groups in total. The van der Waals surface area contributed by atoms with E-state index in [1.165, 1.54) is 5.56 Å². The van der Waals surface area contributed by atoms with Gasteiger partial charge in [0, 0.05) is 51.4 Å². The Bertz CT molecular complexity index is 663. The maximum Gasteiger partial charge on any atom is 0.231 e. The Hall–Kier alpha value is -1.99. The zero-order chi connectivity index (χ0) is 20.0. The summed E-state index contributed by atoms with van der Waals surface area (Å²) in [6.45, 7) is 16.5. The van der Waals surface area contributed by atoms with Crippen molar-refractivity contribution >= 4 is 5.96 Å². The van der Waals surface area contributed by atoms with Crippen LogP contribution in [-0.2, 0) is 6.54 Å². The highest BCUT2D eigenvalue weighted by atomic mass is 16.7. The van der Waals surface area contributed by atoms with Crippen molar-refractivity contribution in [2.75, 3.05) is 52.6 Å². The van der Waals surface area contributed by atoms with E-state index in [-0.39, 0.29) is 5.54 Å². The number of piperazine rings is 1. The predicted molar refractivity (Wildman–Crippen MR) is 113 cm³/mol. The fourth-order valence-corrected chi connectivity index (χ4v) is 3.43. The highest BCUT2D eigenvalue weighted by Crippen LogP contribution is 2.32. The molecule has 28 heavy (non-hydrogen) atoms. The van der Waals surface area contributed by atoms with Gasteiger partial charge >= 0.3 is 0 Å². The summed E-state index contributed by atoms with van der Waals surface area (Å²) in [6.07, 6.45) is 0. The standard InChI is InChI=1S/C21H35N5O2/c1-5-22-20(23-8-9-24-21(2,3)4)26-12-10-25(11-13-26)15-17-6-7-18-19(14-17)28-16-27-18/h6-7,14,24H,5,8-13,15-16H2,1-4H3,(H,22,23). The van der Waals surface area contributed by atoms with Gasteiger partial charge in [-0.25, -0.2) is 0 Å². The molecule has 1 fully saturated rings. The molecule has 0 radical (unpaired) electrons. The van der Waals surface area contributed by atoms with Gasteiger partial charge in [-0.1, -0.05) is 6.07 Å². The van der Waals surface area contributed by atoms with Crippen LogP contribution in [0.4, 0.5) is 0 Å². The molecule has 1 saturated heterocycles. The smallest absolute Gasteiger partial charge is 0.231 e. The van der Waals surface area contributed by atoms with Crippen molar-refractivity contribution in [1.82, 2.24) is 20.4 Å². The molecule has 0 aromatic heterocycles. The molecule has 156 valence electrons. The SMILES string of the molecule is CCNC(=NCCNC(C)(C)C)N1CCN(Cc2ccc3c(c2)OCO3)CC1. The molecular weight excluding hydrogens is 354 g/mol. The van der Waals surface area contributed by atoms with Crippen LogP contribution in [0.15, 0.2) is 23.2 Å². The summed E-state index contributed by atoms with van der Waals surface area (Å²) in [5.41, 5.74) is 1.40. The summed E-state index contributed by atoms with van der Waals surface area (Å²) in [7, 11) is 0. The largest absolute Gasteiger partial charge is 0.454 e. The lowest BCUT2D eigenvalue weighted by Crippen LogP contribution is -2.52. The van der Waals surface area contributed by atoms with E-state index in [1.807, 2.05) is 6.07 Å². The third-order valence-corrected chi connectivity index (χ3v) is 4.88. The first-order chi connectivity index (χ1) is 13.4. The van der Waals surface area contributed by atoms with Crippen LogP contribution in [0, 0.1) is 0 Å². The molecule has 0 unspecified atom stereocenters. The van der Waals surface area contributed by atoms with Crippen molar-refractivity contribution in [3.63, 3.8) is 0 Å². The van der Waals surface area contributed by atoms with E-state index >= 15 is 0 Å². The number of aliphatic imine (C=N–C) groups is 1. The average molecular weight is 390 g/mol. The number of ether oxygens (including phenoxy) is 2. The van der Waals surface area contributed by atoms with Crippen LogP contribution in [0.25, 0.3) is 0 Å². The number of hydrogen-bond acceptors (Lipinski definition) is 5. The zero-order valence-electron chi connectivity index (χ0n) is 17.8. The molecule has 7 heteroatoms. The van der Waals surface area contributed by atoms with Gasteiger partial charge in [0.15, 0.2) is 17.5 Å². The van der Waals surface area contributed by atoms with Crippen molar-refractivity contribution in [3.8, 4) is 11.5 Å². The Balaban J connectivity index is 1.48. The Morgan fingerprint density at radius 3 is 2.57 bits per heavy atom. The van der Waals surface area contributed by atoms with E-state index in [2.05, 4.69) is 60.3 Å². The van der Waals surface area contributed by atoms with Crippen molar-refractivity contribution < 1.29 is 9.47 Å². The minimum absolute atomic E-state index is 0.133. The van der Waals surface area contributed by atoms with Gasteiger partial charge in [0.25, 0.3) is 0 Å². The van der Waals surface area contributed by atoms with Gasteiger partial charge in [-0.05, 0) is 45.4 Å². The van der Waals surface area contributed by atoms with Crippen LogP contribution < -0.4 is 20.1 Å². The summed E-state index contributed by atoms with van der Waals surface area (Å²) in [4.78, 5) is 9.67. The molecule has 0 amide bonds. The van der Waals surface area contributed by atoms with E-state index in [1.54, 1.807) is 0 Å². The predicted octanol–water partition coefficient (Wildman–Crippen LogP) is 1.89. The number of nitrogens with zero attached hydrogens (tertiary/aromatic N) is 3. The van der Waals surface area contributed by atoms with Gasteiger partial charge in [0.1, 0.15) is 0 Å². The molecule has 2 aliphatic rings. The molecule has 0 aliphatic carbocycles. The van der Waals surface area contributed by atoms with E-state index in [0.717, 1.165) is 69.8 Å². The van der Waals surface area contributed by atoms with E-state index in [0.29, 0.717) is 6.79 Å². The average Bonchev–Trinajstić information content (AvgIpc) is 3.12. The van der Waals surface area contributed by atoms with Gasteiger partial charge in [-0.15, -0.1) is 0 Å². The van der Waals surface area contributed by atoms with Crippen LogP contribution in [-0.4, -0.2) is 73.9 Å². The summed E-state index contributed by atoms with van der Waals surface area (Å²) in [6, 6.07) is 6.24. The van der Waals surface area contributed by atoms with Crippen LogP contribution in [0.5, 0.6) is 11.5 Å². The van der Waals surface area contributed by atoms with Crippen molar-refractivity contribution in [3.05, 3.63) is 23.8 Å². The van der Waals surface area contributed by atoms with Gasteiger partial charge in [0.05, 0.1) is 6.54 Å². The van der Waals surface area contributed by atoms with Gasteiger partial charge < -0.3 is 25.0 Å². The van der Waals surface area contributed by atoms with Crippen LogP contribution in [0.3, 0.4) is 0 Å². The first-order valence-corrected chi connectivity index (χ1v) is 10.3. The second-order valence-electron chi connectivity index (χ2n) is 8.36.